The van der Waals surface area contributed by atoms with Crippen LogP contribution in [0.3, 0.4) is 0 Å². The van der Waals surface area contributed by atoms with Gasteiger partial charge in [-0.05, 0) is 6.92 Å². The van der Waals surface area contributed by atoms with E-state index < -0.39 is 22.7 Å². The van der Waals surface area contributed by atoms with E-state index in [1.165, 1.54) is 13.2 Å². The molecule has 0 aliphatic carbocycles. The van der Waals surface area contributed by atoms with Gasteiger partial charge in [0, 0.05) is 18.8 Å². The summed E-state index contributed by atoms with van der Waals surface area (Å²) in [5.74, 6) is 0. The fourth-order valence-electron chi connectivity index (χ4n) is 1.81. The lowest BCUT2D eigenvalue weighted by atomic mass is 10.4. The second-order valence-electron chi connectivity index (χ2n) is 4.40. The fourth-order valence-corrected chi connectivity index (χ4v) is 3.20. The van der Waals surface area contributed by atoms with Gasteiger partial charge in [0.05, 0.1) is 18.1 Å². The van der Waals surface area contributed by atoms with Gasteiger partial charge in [0.25, 0.3) is 10.0 Å². The molecule has 11 heteroatoms. The minimum Gasteiger partial charge on any atom is -0.275 e. The second-order valence-corrected chi connectivity index (χ2v) is 6.00. The summed E-state index contributed by atoms with van der Waals surface area (Å²) in [4.78, 5) is 0. The van der Waals surface area contributed by atoms with Crippen LogP contribution >= 0.6 is 0 Å². The molecule has 0 aliphatic rings. The van der Waals surface area contributed by atoms with Crippen molar-refractivity contribution in [1.82, 2.24) is 19.6 Å². The molecule has 7 nitrogen and oxygen atoms in total. The summed E-state index contributed by atoms with van der Waals surface area (Å²) >= 11 is 0. The van der Waals surface area contributed by atoms with Crippen molar-refractivity contribution in [1.29, 1.82) is 0 Å². The van der Waals surface area contributed by atoms with E-state index in [0.29, 0.717) is 10.2 Å². The number of nitrogens with one attached hydrogen (secondary N) is 1. The lowest BCUT2D eigenvalue weighted by Gasteiger charge is -2.07. The maximum Gasteiger partial charge on any atom is 0.408 e. The molecule has 0 aliphatic heterocycles. The topological polar surface area (TPSA) is 81.8 Å². The number of nitrogens with zero attached hydrogens (tertiary/aromatic N) is 4. The van der Waals surface area contributed by atoms with E-state index in [9.17, 15) is 21.6 Å². The summed E-state index contributed by atoms with van der Waals surface area (Å²) in [6.07, 6.45) is -1.08. The van der Waals surface area contributed by atoms with Gasteiger partial charge in [-0.2, -0.15) is 31.8 Å². The predicted molar refractivity (Wildman–Crippen MR) is 67.0 cm³/mol. The summed E-state index contributed by atoms with van der Waals surface area (Å²) in [5, 5.41) is 7.20. The van der Waals surface area contributed by atoms with Crippen molar-refractivity contribution in [3.8, 4) is 0 Å². The third-order valence-electron chi connectivity index (χ3n) is 2.54. The van der Waals surface area contributed by atoms with E-state index in [1.54, 1.807) is 6.92 Å². The standard InChI is InChI=1S/C10H12F3N5O2S/c1-7-3-14-17(2)9(7)21(19,20)16-8-4-15-18(5-8)6-10(11,12)13/h3-5,16H,6H2,1-2H3. The Labute approximate surface area is 118 Å². The van der Waals surface area contributed by atoms with E-state index >= 15 is 0 Å². The molecule has 2 aromatic rings. The molecule has 0 spiro atoms. The first kappa shape index (κ1) is 15.4. The number of hydrogen-bond acceptors (Lipinski definition) is 4. The molecule has 0 amide bonds. The molecular weight excluding hydrogens is 311 g/mol. The zero-order chi connectivity index (χ0) is 15.8. The Morgan fingerprint density at radius 3 is 2.48 bits per heavy atom. The molecule has 0 aromatic carbocycles. The molecular formula is C10H12F3N5O2S. The minimum absolute atomic E-state index is 0.0557. The maximum atomic E-state index is 12.2. The average Bonchev–Trinajstić information content (AvgIpc) is 2.83. The zero-order valence-electron chi connectivity index (χ0n) is 11.1. The number of aromatic nitrogens is 4. The third-order valence-corrected chi connectivity index (χ3v) is 4.14. The van der Waals surface area contributed by atoms with Crippen molar-refractivity contribution in [2.24, 2.45) is 7.05 Å². The van der Waals surface area contributed by atoms with Crippen LogP contribution in [-0.2, 0) is 23.6 Å². The number of alkyl halides is 3. The Bertz CT molecular complexity index is 728. The van der Waals surface area contributed by atoms with E-state index in [0.717, 1.165) is 17.1 Å². The van der Waals surface area contributed by atoms with Crippen molar-refractivity contribution in [3.63, 3.8) is 0 Å². The molecule has 0 fully saturated rings. The Hall–Kier alpha value is -2.04. The van der Waals surface area contributed by atoms with Crippen LogP contribution < -0.4 is 4.72 Å². The number of rotatable bonds is 4. The molecule has 0 unspecified atom stereocenters. The molecule has 0 bridgehead atoms. The van der Waals surface area contributed by atoms with Crippen molar-refractivity contribution in [3.05, 3.63) is 24.2 Å². The van der Waals surface area contributed by atoms with Crippen molar-refractivity contribution >= 4 is 15.7 Å². The van der Waals surface area contributed by atoms with Crippen LogP contribution in [0.5, 0.6) is 0 Å². The SMILES string of the molecule is Cc1cnn(C)c1S(=O)(=O)Nc1cnn(CC(F)(F)F)c1. The highest BCUT2D eigenvalue weighted by Gasteiger charge is 2.29. The fraction of sp³-hybridized carbons (Fsp3) is 0.400. The van der Waals surface area contributed by atoms with Gasteiger partial charge in [-0.15, -0.1) is 0 Å². The Balaban J connectivity index is 2.22. The number of hydrogen-bond donors (Lipinski definition) is 1. The normalized spacial score (nSPS) is 12.6. The molecule has 2 rings (SSSR count). The molecule has 0 saturated heterocycles. The zero-order valence-corrected chi connectivity index (χ0v) is 11.9. The molecule has 0 radical (unpaired) electrons. The highest BCUT2D eigenvalue weighted by molar-refractivity contribution is 7.92. The molecule has 21 heavy (non-hydrogen) atoms. The largest absolute Gasteiger partial charge is 0.408 e. The quantitative estimate of drug-likeness (QED) is 0.919. The highest BCUT2D eigenvalue weighted by atomic mass is 32.2. The minimum atomic E-state index is -4.43. The first-order valence-corrected chi connectivity index (χ1v) is 7.17. The maximum absolute atomic E-state index is 12.2. The van der Waals surface area contributed by atoms with E-state index in [2.05, 4.69) is 14.9 Å². The predicted octanol–water partition coefficient (Wildman–Crippen LogP) is 1.29. The molecule has 116 valence electrons. The lowest BCUT2D eigenvalue weighted by Crippen LogP contribution is -2.18. The van der Waals surface area contributed by atoms with Gasteiger partial charge in [0.1, 0.15) is 6.54 Å². The van der Waals surface area contributed by atoms with Gasteiger partial charge in [-0.1, -0.05) is 0 Å². The van der Waals surface area contributed by atoms with Crippen LogP contribution in [0, 0.1) is 6.92 Å². The Kier molecular flexibility index (Phi) is 3.70. The first-order chi connectivity index (χ1) is 9.58. The van der Waals surface area contributed by atoms with Gasteiger partial charge in [-0.25, -0.2) is 0 Å². The highest BCUT2D eigenvalue weighted by Crippen LogP contribution is 2.20. The molecule has 2 aromatic heterocycles. The summed E-state index contributed by atoms with van der Waals surface area (Å²) in [6, 6.07) is 0. The van der Waals surface area contributed by atoms with Gasteiger partial charge in [-0.3, -0.25) is 14.1 Å². The summed E-state index contributed by atoms with van der Waals surface area (Å²) in [6.45, 7) is 0.272. The third kappa shape index (κ3) is 3.54. The monoisotopic (exact) mass is 323 g/mol. The van der Waals surface area contributed by atoms with Crippen molar-refractivity contribution < 1.29 is 21.6 Å². The van der Waals surface area contributed by atoms with Crippen LogP contribution in [0.2, 0.25) is 0 Å². The van der Waals surface area contributed by atoms with Gasteiger partial charge < -0.3 is 0 Å². The number of aryl methyl sites for hydroxylation is 2. The summed E-state index contributed by atoms with van der Waals surface area (Å²) < 4.78 is 64.9. The van der Waals surface area contributed by atoms with Crippen molar-refractivity contribution in [2.75, 3.05) is 4.72 Å². The van der Waals surface area contributed by atoms with Gasteiger partial charge >= 0.3 is 6.18 Å². The van der Waals surface area contributed by atoms with Crippen LogP contribution in [0.4, 0.5) is 18.9 Å². The molecule has 1 N–H and O–H groups in total. The first-order valence-electron chi connectivity index (χ1n) is 5.69. The molecule has 2 heterocycles. The molecule has 0 saturated carbocycles. The Morgan fingerprint density at radius 2 is 1.95 bits per heavy atom. The van der Waals surface area contributed by atoms with E-state index in [-0.39, 0.29) is 10.7 Å². The van der Waals surface area contributed by atoms with Crippen LogP contribution in [-0.4, -0.2) is 34.2 Å². The van der Waals surface area contributed by atoms with Crippen LogP contribution in [0.1, 0.15) is 5.56 Å². The Morgan fingerprint density at radius 1 is 1.29 bits per heavy atom. The van der Waals surface area contributed by atoms with E-state index in [1.807, 2.05) is 0 Å². The average molecular weight is 323 g/mol. The van der Waals surface area contributed by atoms with Crippen LogP contribution in [0.15, 0.2) is 23.6 Å². The number of sulfonamides is 1. The smallest absolute Gasteiger partial charge is 0.275 e. The van der Waals surface area contributed by atoms with Crippen LogP contribution in [0.25, 0.3) is 0 Å². The number of halogens is 3. The summed E-state index contributed by atoms with van der Waals surface area (Å²) in [5.41, 5.74) is 0.368. The van der Waals surface area contributed by atoms with Crippen molar-refractivity contribution in [2.45, 2.75) is 24.7 Å². The molecule has 0 atom stereocenters. The second kappa shape index (κ2) is 5.06. The lowest BCUT2D eigenvalue weighted by molar-refractivity contribution is -0.142. The van der Waals surface area contributed by atoms with E-state index in [4.69, 9.17) is 0 Å². The van der Waals surface area contributed by atoms with Gasteiger partial charge in [0.2, 0.25) is 0 Å². The number of anilines is 1. The summed E-state index contributed by atoms with van der Waals surface area (Å²) in [7, 11) is -2.49. The van der Waals surface area contributed by atoms with Gasteiger partial charge in [0.15, 0.2) is 5.03 Å².